The predicted molar refractivity (Wildman–Crippen MR) is 96.5 cm³/mol. The summed E-state index contributed by atoms with van der Waals surface area (Å²) < 4.78 is 18.6. The molecular formula is C20H25FN2O2. The zero-order chi connectivity index (χ0) is 18.4. The third-order valence-electron chi connectivity index (χ3n) is 4.08. The van der Waals surface area contributed by atoms with E-state index in [4.69, 9.17) is 10.5 Å². The number of benzene rings is 2. The van der Waals surface area contributed by atoms with Crippen molar-refractivity contribution in [2.75, 3.05) is 0 Å². The van der Waals surface area contributed by atoms with Gasteiger partial charge in [-0.1, -0.05) is 38.1 Å². The predicted octanol–water partition coefficient (Wildman–Crippen LogP) is 3.57. The van der Waals surface area contributed by atoms with Crippen LogP contribution >= 0.6 is 0 Å². The Balaban J connectivity index is 1.90. The van der Waals surface area contributed by atoms with E-state index in [1.807, 2.05) is 45.0 Å². The second-order valence-corrected chi connectivity index (χ2v) is 6.48. The van der Waals surface area contributed by atoms with Crippen molar-refractivity contribution in [3.8, 4) is 5.75 Å². The Bertz CT molecular complexity index is 684. The van der Waals surface area contributed by atoms with Crippen molar-refractivity contribution in [3.05, 3.63) is 65.5 Å². The van der Waals surface area contributed by atoms with E-state index < -0.39 is 6.04 Å². The second kappa shape index (κ2) is 8.62. The van der Waals surface area contributed by atoms with Crippen molar-refractivity contribution in [3.63, 3.8) is 0 Å². The first-order valence-electron chi connectivity index (χ1n) is 8.40. The number of carbonyl (C=O) groups excluding carboxylic acids is 1. The van der Waals surface area contributed by atoms with E-state index >= 15 is 0 Å². The van der Waals surface area contributed by atoms with E-state index in [0.29, 0.717) is 12.4 Å². The van der Waals surface area contributed by atoms with Crippen molar-refractivity contribution < 1.29 is 13.9 Å². The molecule has 0 aliphatic carbocycles. The topological polar surface area (TPSA) is 64.4 Å². The minimum atomic E-state index is -0.513. The number of nitrogens with one attached hydrogen (secondary N) is 1. The largest absolute Gasteiger partial charge is 0.489 e. The van der Waals surface area contributed by atoms with Gasteiger partial charge in [-0.15, -0.1) is 0 Å². The molecule has 0 saturated carbocycles. The van der Waals surface area contributed by atoms with Crippen LogP contribution in [0.25, 0.3) is 0 Å². The van der Waals surface area contributed by atoms with Crippen LogP contribution in [-0.4, -0.2) is 11.9 Å². The minimum absolute atomic E-state index is 0.0921. The van der Waals surface area contributed by atoms with Gasteiger partial charge < -0.3 is 15.8 Å². The SMILES string of the molecule is CC(NC(=O)[C@@H](N)C(C)C)c1ccc(OCc2ccc(F)cc2)cc1. The highest BCUT2D eigenvalue weighted by molar-refractivity contribution is 5.82. The van der Waals surface area contributed by atoms with Crippen molar-refractivity contribution in [2.24, 2.45) is 11.7 Å². The summed E-state index contributed by atoms with van der Waals surface area (Å²) in [5.74, 6) is 0.389. The summed E-state index contributed by atoms with van der Waals surface area (Å²) in [6, 6.07) is 13.1. The zero-order valence-corrected chi connectivity index (χ0v) is 14.8. The van der Waals surface area contributed by atoms with Gasteiger partial charge in [0.25, 0.3) is 0 Å². The van der Waals surface area contributed by atoms with Crippen LogP contribution in [0.15, 0.2) is 48.5 Å². The third-order valence-corrected chi connectivity index (χ3v) is 4.08. The molecule has 3 N–H and O–H groups in total. The van der Waals surface area contributed by atoms with Crippen LogP contribution < -0.4 is 15.8 Å². The molecule has 0 bridgehead atoms. The molecule has 1 amide bonds. The highest BCUT2D eigenvalue weighted by Crippen LogP contribution is 2.19. The van der Waals surface area contributed by atoms with Gasteiger partial charge in [0, 0.05) is 0 Å². The van der Waals surface area contributed by atoms with E-state index in [0.717, 1.165) is 11.1 Å². The Kier molecular flexibility index (Phi) is 6.53. The fourth-order valence-electron chi connectivity index (χ4n) is 2.30. The molecule has 0 aliphatic rings. The standard InChI is InChI=1S/C20H25FN2O2/c1-13(2)19(22)20(24)23-14(3)16-6-10-18(11-7-16)25-12-15-4-8-17(21)9-5-15/h4-11,13-14,19H,12,22H2,1-3H3,(H,23,24)/t14?,19-/m0/s1. The maximum Gasteiger partial charge on any atom is 0.237 e. The fourth-order valence-corrected chi connectivity index (χ4v) is 2.30. The number of amides is 1. The number of hydrogen-bond donors (Lipinski definition) is 2. The smallest absolute Gasteiger partial charge is 0.237 e. The quantitative estimate of drug-likeness (QED) is 0.807. The molecule has 134 valence electrons. The normalized spacial score (nSPS) is 13.4. The number of ether oxygens (including phenoxy) is 1. The lowest BCUT2D eigenvalue weighted by Gasteiger charge is -2.20. The van der Waals surface area contributed by atoms with Crippen LogP contribution in [0.2, 0.25) is 0 Å². The lowest BCUT2D eigenvalue weighted by atomic mass is 10.0. The number of rotatable bonds is 7. The first-order chi connectivity index (χ1) is 11.9. The van der Waals surface area contributed by atoms with Gasteiger partial charge in [0.2, 0.25) is 5.91 Å². The molecule has 1 unspecified atom stereocenters. The van der Waals surface area contributed by atoms with Gasteiger partial charge in [-0.25, -0.2) is 4.39 Å². The van der Waals surface area contributed by atoms with Crippen molar-refractivity contribution >= 4 is 5.91 Å². The molecule has 2 rings (SSSR count). The molecule has 2 atom stereocenters. The molecule has 4 nitrogen and oxygen atoms in total. The van der Waals surface area contributed by atoms with Crippen molar-refractivity contribution in [1.82, 2.24) is 5.32 Å². The maximum atomic E-state index is 12.9. The lowest BCUT2D eigenvalue weighted by molar-refractivity contribution is -0.123. The Morgan fingerprint density at radius 2 is 1.68 bits per heavy atom. The van der Waals surface area contributed by atoms with Gasteiger partial charge in [0.05, 0.1) is 12.1 Å². The monoisotopic (exact) mass is 344 g/mol. The average Bonchev–Trinajstić information content (AvgIpc) is 2.60. The van der Waals surface area contributed by atoms with Crippen LogP contribution in [-0.2, 0) is 11.4 Å². The van der Waals surface area contributed by atoms with Crippen LogP contribution in [0.4, 0.5) is 4.39 Å². The van der Waals surface area contributed by atoms with Crippen molar-refractivity contribution in [1.29, 1.82) is 0 Å². The summed E-state index contributed by atoms with van der Waals surface area (Å²) >= 11 is 0. The van der Waals surface area contributed by atoms with E-state index in [1.54, 1.807) is 12.1 Å². The van der Waals surface area contributed by atoms with E-state index in [9.17, 15) is 9.18 Å². The number of carbonyl (C=O) groups is 1. The van der Waals surface area contributed by atoms with Crippen LogP contribution in [0.5, 0.6) is 5.75 Å². The molecule has 0 radical (unpaired) electrons. The molecule has 2 aromatic rings. The number of nitrogens with two attached hydrogens (primary N) is 1. The van der Waals surface area contributed by atoms with Gasteiger partial charge in [-0.3, -0.25) is 4.79 Å². The summed E-state index contributed by atoms with van der Waals surface area (Å²) in [6.45, 7) is 6.12. The van der Waals surface area contributed by atoms with E-state index in [-0.39, 0.29) is 23.7 Å². The van der Waals surface area contributed by atoms with Crippen LogP contribution in [0, 0.1) is 11.7 Å². The summed E-state index contributed by atoms with van der Waals surface area (Å²) in [7, 11) is 0. The van der Waals surface area contributed by atoms with Crippen LogP contribution in [0.3, 0.4) is 0 Å². The van der Waals surface area contributed by atoms with Gasteiger partial charge in [-0.05, 0) is 48.2 Å². The summed E-state index contributed by atoms with van der Waals surface area (Å²) in [5.41, 5.74) is 7.73. The molecule has 0 saturated heterocycles. The number of hydrogen-bond acceptors (Lipinski definition) is 3. The van der Waals surface area contributed by atoms with Crippen molar-refractivity contribution in [2.45, 2.75) is 39.5 Å². The molecule has 0 heterocycles. The Hall–Kier alpha value is -2.40. The van der Waals surface area contributed by atoms with Gasteiger partial charge in [-0.2, -0.15) is 0 Å². The Morgan fingerprint density at radius 1 is 1.08 bits per heavy atom. The molecule has 25 heavy (non-hydrogen) atoms. The molecule has 0 aromatic heterocycles. The highest BCUT2D eigenvalue weighted by Gasteiger charge is 2.19. The molecule has 5 heteroatoms. The lowest BCUT2D eigenvalue weighted by Crippen LogP contribution is -2.44. The first-order valence-corrected chi connectivity index (χ1v) is 8.40. The summed E-state index contributed by atoms with van der Waals surface area (Å²) in [6.07, 6.45) is 0. The third kappa shape index (κ3) is 5.57. The van der Waals surface area contributed by atoms with E-state index in [2.05, 4.69) is 5.32 Å². The Labute approximate surface area is 148 Å². The molecule has 2 aromatic carbocycles. The van der Waals surface area contributed by atoms with Gasteiger partial charge in [0.1, 0.15) is 18.2 Å². The van der Waals surface area contributed by atoms with E-state index in [1.165, 1.54) is 12.1 Å². The Morgan fingerprint density at radius 3 is 2.24 bits per heavy atom. The molecule has 0 aliphatic heterocycles. The van der Waals surface area contributed by atoms with Gasteiger partial charge >= 0.3 is 0 Å². The minimum Gasteiger partial charge on any atom is -0.489 e. The second-order valence-electron chi connectivity index (χ2n) is 6.48. The zero-order valence-electron chi connectivity index (χ0n) is 14.8. The molecular weight excluding hydrogens is 319 g/mol. The van der Waals surface area contributed by atoms with Crippen LogP contribution in [0.1, 0.15) is 37.9 Å². The molecule has 0 spiro atoms. The fraction of sp³-hybridized carbons (Fsp3) is 0.350. The first kappa shape index (κ1) is 18.9. The summed E-state index contributed by atoms with van der Waals surface area (Å²) in [5, 5.41) is 2.92. The highest BCUT2D eigenvalue weighted by atomic mass is 19.1. The molecule has 0 fully saturated rings. The van der Waals surface area contributed by atoms with Gasteiger partial charge in [0.15, 0.2) is 0 Å². The maximum absolute atomic E-state index is 12.9. The number of halogens is 1. The summed E-state index contributed by atoms with van der Waals surface area (Å²) in [4.78, 5) is 12.0. The average molecular weight is 344 g/mol.